The van der Waals surface area contributed by atoms with Crippen LogP contribution in [0.3, 0.4) is 0 Å². The Morgan fingerprint density at radius 1 is 1.12 bits per heavy atom. The van der Waals surface area contributed by atoms with E-state index in [0.717, 1.165) is 0 Å². The second kappa shape index (κ2) is 5.29. The number of aromatic nitrogens is 1. The average Bonchev–Trinajstić information content (AvgIpc) is 2.98. The SMILES string of the molecule is Cc1noc(C)c1C(=O)N1CC(N2C(=O)[C@@H]3CC=CC[C@H]3C2=O)C1. The van der Waals surface area contributed by atoms with E-state index in [0.29, 0.717) is 42.9 Å². The van der Waals surface area contributed by atoms with Gasteiger partial charge in [0.1, 0.15) is 11.3 Å². The summed E-state index contributed by atoms with van der Waals surface area (Å²) in [6, 6.07) is -0.208. The van der Waals surface area contributed by atoms with Crippen LogP contribution in [0.25, 0.3) is 0 Å². The predicted octanol–water partition coefficient (Wildman–Crippen LogP) is 1.07. The lowest BCUT2D eigenvalue weighted by molar-refractivity contribution is -0.145. The van der Waals surface area contributed by atoms with Gasteiger partial charge in [0.2, 0.25) is 11.8 Å². The summed E-state index contributed by atoms with van der Waals surface area (Å²) in [6.07, 6.45) is 5.23. The summed E-state index contributed by atoms with van der Waals surface area (Å²) in [5.74, 6) is -0.246. The molecule has 2 fully saturated rings. The molecule has 0 radical (unpaired) electrons. The highest BCUT2D eigenvalue weighted by Crippen LogP contribution is 2.37. The van der Waals surface area contributed by atoms with Crippen molar-refractivity contribution >= 4 is 17.7 Å². The first-order valence-electron chi connectivity index (χ1n) is 8.23. The highest BCUT2D eigenvalue weighted by atomic mass is 16.5. The molecule has 0 saturated carbocycles. The number of fused-ring (bicyclic) bond motifs is 1. The first-order chi connectivity index (χ1) is 11.5. The lowest BCUT2D eigenvalue weighted by Gasteiger charge is -2.43. The number of carbonyl (C=O) groups excluding carboxylic acids is 3. The van der Waals surface area contributed by atoms with Crippen LogP contribution in [-0.4, -0.2) is 51.8 Å². The number of amides is 3. The summed E-state index contributed by atoms with van der Waals surface area (Å²) in [5.41, 5.74) is 1.04. The van der Waals surface area contributed by atoms with E-state index in [9.17, 15) is 14.4 Å². The van der Waals surface area contributed by atoms with Crippen LogP contribution in [0.2, 0.25) is 0 Å². The van der Waals surface area contributed by atoms with Gasteiger partial charge in [-0.1, -0.05) is 17.3 Å². The molecule has 2 aliphatic heterocycles. The lowest BCUT2D eigenvalue weighted by atomic mass is 9.85. The Hall–Kier alpha value is -2.44. The molecule has 0 bridgehead atoms. The highest BCUT2D eigenvalue weighted by Gasteiger charge is 2.52. The van der Waals surface area contributed by atoms with E-state index in [-0.39, 0.29) is 35.6 Å². The number of likely N-dealkylation sites (tertiary alicyclic amines) is 2. The topological polar surface area (TPSA) is 83.7 Å². The molecule has 0 aromatic carbocycles. The van der Waals surface area contributed by atoms with Gasteiger partial charge in [-0.25, -0.2) is 0 Å². The van der Waals surface area contributed by atoms with E-state index in [1.165, 1.54) is 4.90 Å². The molecule has 3 aliphatic rings. The second-order valence-electron chi connectivity index (χ2n) is 6.77. The molecular formula is C17H19N3O4. The van der Waals surface area contributed by atoms with E-state index >= 15 is 0 Å². The molecule has 4 rings (SSSR count). The van der Waals surface area contributed by atoms with Crippen molar-refractivity contribution in [3.05, 3.63) is 29.2 Å². The maximum atomic E-state index is 12.5. The van der Waals surface area contributed by atoms with Gasteiger partial charge < -0.3 is 9.42 Å². The van der Waals surface area contributed by atoms with Crippen LogP contribution >= 0.6 is 0 Å². The molecule has 0 unspecified atom stereocenters. The quantitative estimate of drug-likeness (QED) is 0.598. The van der Waals surface area contributed by atoms with Crippen LogP contribution in [0.15, 0.2) is 16.7 Å². The standard InChI is InChI=1S/C17H19N3O4/c1-9-14(10(2)24-18-9)17(23)19-7-11(8-19)20-15(21)12-5-3-4-6-13(12)16(20)22/h3-4,11-13H,5-8H2,1-2H3/t12-,13-/m1/s1. The molecule has 0 spiro atoms. The normalized spacial score (nSPS) is 26.8. The van der Waals surface area contributed by atoms with Crippen LogP contribution in [0.1, 0.15) is 34.7 Å². The number of hydrogen-bond donors (Lipinski definition) is 0. The second-order valence-corrected chi connectivity index (χ2v) is 6.77. The minimum Gasteiger partial charge on any atom is -0.361 e. The number of aryl methyl sites for hydroxylation is 2. The number of nitrogens with zero attached hydrogens (tertiary/aromatic N) is 3. The largest absolute Gasteiger partial charge is 0.361 e. The number of hydrogen-bond acceptors (Lipinski definition) is 5. The summed E-state index contributed by atoms with van der Waals surface area (Å²) >= 11 is 0. The van der Waals surface area contributed by atoms with Crippen molar-refractivity contribution in [3.63, 3.8) is 0 Å². The van der Waals surface area contributed by atoms with Gasteiger partial charge in [0.25, 0.3) is 5.91 Å². The van der Waals surface area contributed by atoms with Crippen molar-refractivity contribution in [2.75, 3.05) is 13.1 Å². The maximum Gasteiger partial charge on any atom is 0.259 e. The first-order valence-corrected chi connectivity index (χ1v) is 8.23. The van der Waals surface area contributed by atoms with Crippen molar-refractivity contribution in [1.82, 2.24) is 15.0 Å². The summed E-state index contributed by atoms with van der Waals surface area (Å²) in [6.45, 7) is 4.20. The molecule has 7 heteroatoms. The number of allylic oxidation sites excluding steroid dienone is 2. The molecule has 2 atom stereocenters. The van der Waals surface area contributed by atoms with Crippen LogP contribution < -0.4 is 0 Å². The molecule has 1 aromatic rings. The smallest absolute Gasteiger partial charge is 0.259 e. The molecule has 2 saturated heterocycles. The fourth-order valence-electron chi connectivity index (χ4n) is 3.92. The Labute approximate surface area is 139 Å². The lowest BCUT2D eigenvalue weighted by Crippen LogP contribution is -2.62. The molecule has 126 valence electrons. The minimum absolute atomic E-state index is 0.0798. The Morgan fingerprint density at radius 3 is 2.21 bits per heavy atom. The number of carbonyl (C=O) groups is 3. The summed E-state index contributed by atoms with van der Waals surface area (Å²) < 4.78 is 5.04. The van der Waals surface area contributed by atoms with Crippen LogP contribution in [0.4, 0.5) is 0 Å². The Bertz CT molecular complexity index is 714. The summed E-state index contributed by atoms with van der Waals surface area (Å²) in [4.78, 5) is 40.7. The molecule has 3 heterocycles. The number of imide groups is 1. The predicted molar refractivity (Wildman–Crippen MR) is 82.9 cm³/mol. The Balaban J connectivity index is 1.45. The monoisotopic (exact) mass is 329 g/mol. The van der Waals surface area contributed by atoms with E-state index < -0.39 is 0 Å². The van der Waals surface area contributed by atoms with E-state index in [1.54, 1.807) is 18.7 Å². The molecule has 3 amide bonds. The zero-order valence-corrected chi connectivity index (χ0v) is 13.7. The summed E-state index contributed by atoms with van der Waals surface area (Å²) in [7, 11) is 0. The average molecular weight is 329 g/mol. The fraction of sp³-hybridized carbons (Fsp3) is 0.529. The molecule has 7 nitrogen and oxygen atoms in total. The van der Waals surface area contributed by atoms with Gasteiger partial charge in [-0.05, 0) is 26.7 Å². The van der Waals surface area contributed by atoms with Crippen LogP contribution in [0.5, 0.6) is 0 Å². The third-order valence-electron chi connectivity index (χ3n) is 5.30. The van der Waals surface area contributed by atoms with Crippen molar-refractivity contribution in [3.8, 4) is 0 Å². The van der Waals surface area contributed by atoms with Crippen LogP contribution in [0, 0.1) is 25.7 Å². The van der Waals surface area contributed by atoms with E-state index in [4.69, 9.17) is 4.52 Å². The maximum absolute atomic E-state index is 12.5. The minimum atomic E-state index is -0.213. The van der Waals surface area contributed by atoms with Gasteiger partial charge in [-0.3, -0.25) is 19.3 Å². The zero-order chi connectivity index (χ0) is 17.0. The molecule has 1 aliphatic carbocycles. The molecule has 24 heavy (non-hydrogen) atoms. The van der Waals surface area contributed by atoms with Gasteiger partial charge >= 0.3 is 0 Å². The Morgan fingerprint density at radius 2 is 1.71 bits per heavy atom. The van der Waals surface area contributed by atoms with Crippen LogP contribution in [-0.2, 0) is 9.59 Å². The zero-order valence-electron chi connectivity index (χ0n) is 13.7. The van der Waals surface area contributed by atoms with Crippen molar-refractivity contribution in [1.29, 1.82) is 0 Å². The molecule has 1 aromatic heterocycles. The summed E-state index contributed by atoms with van der Waals surface area (Å²) in [5, 5.41) is 3.80. The number of rotatable bonds is 2. The fourth-order valence-corrected chi connectivity index (χ4v) is 3.92. The van der Waals surface area contributed by atoms with Gasteiger partial charge in [0.15, 0.2) is 0 Å². The van der Waals surface area contributed by atoms with Gasteiger partial charge in [-0.15, -0.1) is 0 Å². The van der Waals surface area contributed by atoms with Crippen molar-refractivity contribution in [2.24, 2.45) is 11.8 Å². The first kappa shape index (κ1) is 15.1. The van der Waals surface area contributed by atoms with E-state index in [2.05, 4.69) is 5.16 Å². The molecule has 0 N–H and O–H groups in total. The third kappa shape index (κ3) is 2.03. The van der Waals surface area contributed by atoms with E-state index in [1.807, 2.05) is 12.2 Å². The van der Waals surface area contributed by atoms with Gasteiger partial charge in [0, 0.05) is 13.1 Å². The van der Waals surface area contributed by atoms with Gasteiger partial charge in [-0.2, -0.15) is 0 Å². The molecular weight excluding hydrogens is 310 g/mol. The highest BCUT2D eigenvalue weighted by molar-refractivity contribution is 6.06. The Kier molecular flexibility index (Phi) is 3.33. The van der Waals surface area contributed by atoms with Crippen molar-refractivity contribution < 1.29 is 18.9 Å². The van der Waals surface area contributed by atoms with Crippen molar-refractivity contribution in [2.45, 2.75) is 32.7 Å². The van der Waals surface area contributed by atoms with Gasteiger partial charge in [0.05, 0.1) is 23.6 Å². The third-order valence-corrected chi connectivity index (χ3v) is 5.30.